The Balaban J connectivity index is 1.67. The number of hydrogen-bond acceptors (Lipinski definition) is 4. The van der Waals surface area contributed by atoms with Crippen LogP contribution in [0.3, 0.4) is 0 Å². The highest BCUT2D eigenvalue weighted by Crippen LogP contribution is 2.34. The molecular formula is C21H27N3O3S. The van der Waals surface area contributed by atoms with Gasteiger partial charge in [-0.05, 0) is 44.2 Å². The molecule has 1 aromatic heterocycles. The van der Waals surface area contributed by atoms with E-state index < -0.39 is 9.84 Å². The van der Waals surface area contributed by atoms with Gasteiger partial charge in [0.1, 0.15) is 5.82 Å². The van der Waals surface area contributed by atoms with Gasteiger partial charge < -0.3 is 5.32 Å². The number of rotatable bonds is 4. The average molecular weight is 402 g/mol. The molecule has 0 saturated heterocycles. The zero-order chi connectivity index (χ0) is 19.9. The second kappa shape index (κ2) is 7.35. The van der Waals surface area contributed by atoms with Crippen LogP contribution < -0.4 is 5.32 Å². The molecule has 0 atom stereocenters. The fourth-order valence-electron chi connectivity index (χ4n) is 4.42. The fourth-order valence-corrected chi connectivity index (χ4v) is 5.92. The first-order valence-corrected chi connectivity index (χ1v) is 11.8. The molecule has 1 fully saturated rings. The topological polar surface area (TPSA) is 81.1 Å². The minimum absolute atomic E-state index is 0.0510. The highest BCUT2D eigenvalue weighted by atomic mass is 32.2. The van der Waals surface area contributed by atoms with Crippen molar-refractivity contribution in [1.82, 2.24) is 9.78 Å². The van der Waals surface area contributed by atoms with Gasteiger partial charge in [-0.1, -0.05) is 37.0 Å². The van der Waals surface area contributed by atoms with E-state index in [0.29, 0.717) is 29.4 Å². The molecule has 1 amide bonds. The van der Waals surface area contributed by atoms with Crippen molar-refractivity contribution >= 4 is 21.6 Å². The molecule has 4 rings (SSSR count). The first-order chi connectivity index (χ1) is 13.3. The summed E-state index contributed by atoms with van der Waals surface area (Å²) in [4.78, 5) is 12.8. The smallest absolute Gasteiger partial charge is 0.225 e. The summed E-state index contributed by atoms with van der Waals surface area (Å²) in [6.45, 7) is 4.03. The number of nitrogens with zero attached hydrogens (tertiary/aromatic N) is 2. The summed E-state index contributed by atoms with van der Waals surface area (Å²) in [6.07, 6.45) is 6.30. The lowest BCUT2D eigenvalue weighted by molar-refractivity contribution is -0.117. The summed E-state index contributed by atoms with van der Waals surface area (Å²) in [7, 11) is -3.19. The molecule has 2 aromatic rings. The summed E-state index contributed by atoms with van der Waals surface area (Å²) in [5.74, 6) is 0.759. The first kappa shape index (κ1) is 19.2. The van der Waals surface area contributed by atoms with E-state index in [2.05, 4.69) is 16.5 Å². The summed E-state index contributed by atoms with van der Waals surface area (Å²) >= 11 is 0. The van der Waals surface area contributed by atoms with Crippen LogP contribution in [0.5, 0.6) is 0 Å². The Bertz CT molecular complexity index is 1020. The van der Waals surface area contributed by atoms with Crippen molar-refractivity contribution in [2.45, 2.75) is 63.9 Å². The van der Waals surface area contributed by atoms with Crippen molar-refractivity contribution in [3.63, 3.8) is 0 Å². The van der Waals surface area contributed by atoms with Gasteiger partial charge in [-0.3, -0.25) is 4.79 Å². The lowest BCUT2D eigenvalue weighted by Crippen LogP contribution is -2.21. The molecule has 0 bridgehead atoms. The van der Waals surface area contributed by atoms with Crippen LogP contribution in [0.15, 0.2) is 18.2 Å². The van der Waals surface area contributed by atoms with Crippen LogP contribution in [0.4, 0.5) is 5.82 Å². The predicted molar refractivity (Wildman–Crippen MR) is 109 cm³/mol. The summed E-state index contributed by atoms with van der Waals surface area (Å²) in [5.41, 5.74) is 4.23. The number of aromatic nitrogens is 2. The lowest BCUT2D eigenvalue weighted by atomic mass is 9.87. The maximum atomic E-state index is 12.8. The predicted octanol–water partition coefficient (Wildman–Crippen LogP) is 3.83. The highest BCUT2D eigenvalue weighted by Gasteiger charge is 2.33. The van der Waals surface area contributed by atoms with Gasteiger partial charge in [0.05, 0.1) is 22.9 Å². The van der Waals surface area contributed by atoms with Crippen LogP contribution >= 0.6 is 0 Å². The molecule has 6 nitrogen and oxygen atoms in total. The maximum Gasteiger partial charge on any atom is 0.225 e. The SMILES string of the molecule is Cc1ccc(-n2nc3c(c2NC(=O)CC2CCCCC2)CS(=O)(=O)C3)c(C)c1. The zero-order valence-electron chi connectivity index (χ0n) is 16.5. The van der Waals surface area contributed by atoms with E-state index in [0.717, 1.165) is 29.7 Å². The summed E-state index contributed by atoms with van der Waals surface area (Å²) in [6, 6.07) is 6.03. The molecule has 1 aliphatic heterocycles. The number of amides is 1. The first-order valence-electron chi connectivity index (χ1n) is 10.0. The normalized spacial score (nSPS) is 18.8. The molecule has 7 heteroatoms. The Hall–Kier alpha value is -2.15. The quantitative estimate of drug-likeness (QED) is 0.844. The van der Waals surface area contributed by atoms with Crippen molar-refractivity contribution in [2.24, 2.45) is 5.92 Å². The summed E-state index contributed by atoms with van der Waals surface area (Å²) < 4.78 is 25.9. The van der Waals surface area contributed by atoms with E-state index in [1.165, 1.54) is 19.3 Å². The minimum Gasteiger partial charge on any atom is -0.310 e. The van der Waals surface area contributed by atoms with Crippen LogP contribution in [-0.4, -0.2) is 24.1 Å². The van der Waals surface area contributed by atoms with Crippen LogP contribution in [-0.2, 0) is 26.1 Å². The molecule has 0 unspecified atom stereocenters. The van der Waals surface area contributed by atoms with E-state index in [1.54, 1.807) is 4.68 Å². The molecule has 1 aromatic carbocycles. The number of nitrogens with one attached hydrogen (secondary N) is 1. The van der Waals surface area contributed by atoms with E-state index in [1.807, 2.05) is 26.0 Å². The Labute approximate surface area is 166 Å². The van der Waals surface area contributed by atoms with Crippen molar-refractivity contribution < 1.29 is 13.2 Å². The minimum atomic E-state index is -3.19. The molecule has 150 valence electrons. The van der Waals surface area contributed by atoms with Crippen molar-refractivity contribution in [2.75, 3.05) is 5.32 Å². The number of sulfone groups is 1. The number of hydrogen-bond donors (Lipinski definition) is 1. The number of aryl methyl sites for hydroxylation is 2. The third kappa shape index (κ3) is 3.85. The zero-order valence-corrected chi connectivity index (χ0v) is 17.3. The van der Waals surface area contributed by atoms with Gasteiger partial charge in [-0.2, -0.15) is 5.10 Å². The second-order valence-corrected chi connectivity index (χ2v) is 10.3. The molecule has 0 spiro atoms. The number of benzene rings is 1. The summed E-state index contributed by atoms with van der Waals surface area (Å²) in [5, 5.41) is 7.58. The number of fused-ring (bicyclic) bond motifs is 1. The Morgan fingerprint density at radius 1 is 1.18 bits per heavy atom. The number of carbonyl (C=O) groups is 1. The van der Waals surface area contributed by atoms with Gasteiger partial charge in [0.15, 0.2) is 9.84 Å². The van der Waals surface area contributed by atoms with E-state index >= 15 is 0 Å². The molecule has 28 heavy (non-hydrogen) atoms. The Morgan fingerprint density at radius 3 is 2.64 bits per heavy atom. The third-order valence-electron chi connectivity index (χ3n) is 5.82. The van der Waals surface area contributed by atoms with Crippen molar-refractivity contribution in [1.29, 1.82) is 0 Å². The maximum absolute atomic E-state index is 12.8. The number of anilines is 1. The lowest BCUT2D eigenvalue weighted by Gasteiger charge is -2.21. The second-order valence-electron chi connectivity index (χ2n) is 8.26. The van der Waals surface area contributed by atoms with Crippen molar-refractivity contribution in [3.8, 4) is 5.69 Å². The largest absolute Gasteiger partial charge is 0.310 e. The molecule has 2 heterocycles. The van der Waals surface area contributed by atoms with E-state index in [9.17, 15) is 13.2 Å². The van der Waals surface area contributed by atoms with Crippen LogP contribution in [0.1, 0.15) is 60.9 Å². The van der Waals surface area contributed by atoms with Crippen LogP contribution in [0, 0.1) is 19.8 Å². The van der Waals surface area contributed by atoms with Gasteiger partial charge in [-0.15, -0.1) is 0 Å². The number of carbonyl (C=O) groups excluding carboxylic acids is 1. The van der Waals surface area contributed by atoms with Crippen LogP contribution in [0.25, 0.3) is 5.69 Å². The van der Waals surface area contributed by atoms with Gasteiger partial charge in [0, 0.05) is 12.0 Å². The van der Waals surface area contributed by atoms with Crippen LogP contribution in [0.2, 0.25) is 0 Å². The van der Waals surface area contributed by atoms with Gasteiger partial charge in [0.25, 0.3) is 0 Å². The van der Waals surface area contributed by atoms with Crippen molar-refractivity contribution in [3.05, 3.63) is 40.6 Å². The van der Waals surface area contributed by atoms with Gasteiger partial charge in [0.2, 0.25) is 5.91 Å². The average Bonchev–Trinajstić information content (AvgIpc) is 3.08. The van der Waals surface area contributed by atoms with Gasteiger partial charge >= 0.3 is 0 Å². The van der Waals surface area contributed by atoms with Gasteiger partial charge in [-0.25, -0.2) is 13.1 Å². The van der Waals surface area contributed by atoms with E-state index in [4.69, 9.17) is 0 Å². The molecule has 0 radical (unpaired) electrons. The standard InChI is InChI=1S/C21H27N3O3S/c1-14-8-9-19(15(2)10-14)24-21(17-12-28(26,27)13-18(17)23-24)22-20(25)11-16-6-4-3-5-7-16/h8-10,16H,3-7,11-13H2,1-2H3,(H,22,25). The molecule has 1 saturated carbocycles. The third-order valence-corrected chi connectivity index (χ3v) is 7.27. The monoisotopic (exact) mass is 401 g/mol. The molecule has 2 aliphatic rings. The fraction of sp³-hybridized carbons (Fsp3) is 0.524. The van der Waals surface area contributed by atoms with E-state index in [-0.39, 0.29) is 17.4 Å². The molecular weight excluding hydrogens is 374 g/mol. The highest BCUT2D eigenvalue weighted by molar-refractivity contribution is 7.90. The Kier molecular flexibility index (Phi) is 5.04. The molecule has 1 aliphatic carbocycles. The molecule has 1 N–H and O–H groups in total. The Morgan fingerprint density at radius 2 is 1.93 bits per heavy atom.